The maximum atomic E-state index is 3.44. The van der Waals surface area contributed by atoms with Crippen LogP contribution in [0.4, 0.5) is 5.69 Å². The standard InChI is InChI=1S/C9H12BrN/c1-2-11(8-10)9-6-4-3-5-7-9/h3-7H,2,8H2,1H3. The first-order valence-electron chi connectivity index (χ1n) is 3.74. The fourth-order valence-electron chi connectivity index (χ4n) is 0.975. The highest BCUT2D eigenvalue weighted by Crippen LogP contribution is 2.13. The Morgan fingerprint density at radius 2 is 1.91 bits per heavy atom. The predicted molar refractivity (Wildman–Crippen MR) is 53.3 cm³/mol. The average molecular weight is 214 g/mol. The first kappa shape index (κ1) is 8.60. The first-order chi connectivity index (χ1) is 5.38. The SMILES string of the molecule is CCN(CBr)c1ccccc1. The van der Waals surface area contributed by atoms with Crippen LogP contribution in [-0.2, 0) is 0 Å². The van der Waals surface area contributed by atoms with Gasteiger partial charge in [-0.2, -0.15) is 0 Å². The van der Waals surface area contributed by atoms with Crippen LogP contribution in [0.1, 0.15) is 6.92 Å². The number of para-hydroxylation sites is 1. The molecule has 0 N–H and O–H groups in total. The van der Waals surface area contributed by atoms with E-state index in [4.69, 9.17) is 0 Å². The van der Waals surface area contributed by atoms with Gasteiger partial charge in [0.2, 0.25) is 0 Å². The van der Waals surface area contributed by atoms with Crippen LogP contribution in [0.2, 0.25) is 0 Å². The van der Waals surface area contributed by atoms with E-state index in [-0.39, 0.29) is 0 Å². The summed E-state index contributed by atoms with van der Waals surface area (Å²) in [6, 6.07) is 10.4. The number of rotatable bonds is 3. The second-order valence-electron chi connectivity index (χ2n) is 2.31. The van der Waals surface area contributed by atoms with Gasteiger partial charge >= 0.3 is 0 Å². The minimum absolute atomic E-state index is 0.896. The molecule has 0 saturated heterocycles. The highest BCUT2D eigenvalue weighted by molar-refractivity contribution is 9.09. The quantitative estimate of drug-likeness (QED) is 0.552. The van der Waals surface area contributed by atoms with Crippen molar-refractivity contribution in [3.8, 4) is 0 Å². The van der Waals surface area contributed by atoms with Gasteiger partial charge in [-0.05, 0) is 19.1 Å². The van der Waals surface area contributed by atoms with Crippen molar-refractivity contribution in [2.24, 2.45) is 0 Å². The molecule has 2 heteroatoms. The molecule has 0 aliphatic rings. The Kier molecular flexibility index (Phi) is 3.43. The molecule has 0 aliphatic heterocycles. The second kappa shape index (κ2) is 4.39. The Morgan fingerprint density at radius 1 is 1.27 bits per heavy atom. The van der Waals surface area contributed by atoms with Gasteiger partial charge in [0.25, 0.3) is 0 Å². The van der Waals surface area contributed by atoms with Gasteiger partial charge in [0.1, 0.15) is 0 Å². The number of halogens is 1. The van der Waals surface area contributed by atoms with Crippen LogP contribution in [0.3, 0.4) is 0 Å². The monoisotopic (exact) mass is 213 g/mol. The third kappa shape index (κ3) is 2.22. The van der Waals surface area contributed by atoms with E-state index in [1.807, 2.05) is 6.07 Å². The van der Waals surface area contributed by atoms with Crippen LogP contribution in [0, 0.1) is 0 Å². The molecule has 0 unspecified atom stereocenters. The summed E-state index contributed by atoms with van der Waals surface area (Å²) in [5.74, 6) is 0. The second-order valence-corrected chi connectivity index (χ2v) is 2.81. The van der Waals surface area contributed by atoms with Crippen molar-refractivity contribution >= 4 is 21.6 Å². The Balaban J connectivity index is 2.74. The molecule has 11 heavy (non-hydrogen) atoms. The fourth-order valence-corrected chi connectivity index (χ4v) is 1.62. The lowest BCUT2D eigenvalue weighted by Crippen LogP contribution is -2.19. The van der Waals surface area contributed by atoms with Crippen molar-refractivity contribution in [2.45, 2.75) is 6.92 Å². The molecule has 0 aromatic heterocycles. The van der Waals surface area contributed by atoms with Gasteiger partial charge < -0.3 is 4.90 Å². The highest BCUT2D eigenvalue weighted by atomic mass is 79.9. The van der Waals surface area contributed by atoms with Gasteiger partial charge in [-0.15, -0.1) is 0 Å². The maximum absolute atomic E-state index is 3.44. The molecule has 60 valence electrons. The Morgan fingerprint density at radius 3 is 2.36 bits per heavy atom. The fraction of sp³-hybridized carbons (Fsp3) is 0.333. The molecular formula is C9H12BrN. The van der Waals surface area contributed by atoms with Gasteiger partial charge in [0.15, 0.2) is 0 Å². The zero-order chi connectivity index (χ0) is 8.10. The van der Waals surface area contributed by atoms with Crippen LogP contribution >= 0.6 is 15.9 Å². The number of hydrogen-bond donors (Lipinski definition) is 0. The minimum atomic E-state index is 0.896. The van der Waals surface area contributed by atoms with E-state index in [0.717, 1.165) is 12.0 Å². The van der Waals surface area contributed by atoms with Crippen molar-refractivity contribution in [1.29, 1.82) is 0 Å². The summed E-state index contributed by atoms with van der Waals surface area (Å²) in [4.78, 5) is 2.25. The van der Waals surface area contributed by atoms with Crippen LogP contribution in [0.15, 0.2) is 30.3 Å². The summed E-state index contributed by atoms with van der Waals surface area (Å²) in [6.45, 7) is 3.18. The van der Waals surface area contributed by atoms with E-state index in [9.17, 15) is 0 Å². The van der Waals surface area contributed by atoms with Crippen molar-refractivity contribution in [2.75, 3.05) is 16.9 Å². The van der Waals surface area contributed by atoms with Gasteiger partial charge in [0.05, 0.1) is 5.45 Å². The molecule has 0 atom stereocenters. The molecular weight excluding hydrogens is 202 g/mol. The highest BCUT2D eigenvalue weighted by Gasteiger charge is 1.98. The third-order valence-electron chi connectivity index (χ3n) is 1.65. The van der Waals surface area contributed by atoms with Gasteiger partial charge in [-0.1, -0.05) is 34.1 Å². The molecule has 1 rings (SSSR count). The molecule has 0 spiro atoms. The van der Waals surface area contributed by atoms with E-state index < -0.39 is 0 Å². The summed E-state index contributed by atoms with van der Waals surface area (Å²) in [6.07, 6.45) is 0. The smallest absolute Gasteiger partial charge is 0.0735 e. The summed E-state index contributed by atoms with van der Waals surface area (Å²) in [5, 5.41) is 0. The molecule has 0 aliphatic carbocycles. The van der Waals surface area contributed by atoms with Crippen LogP contribution in [0.5, 0.6) is 0 Å². The number of nitrogens with zero attached hydrogens (tertiary/aromatic N) is 1. The van der Waals surface area contributed by atoms with Crippen LogP contribution < -0.4 is 4.90 Å². The molecule has 0 bridgehead atoms. The lowest BCUT2D eigenvalue weighted by molar-refractivity contribution is 0.952. The topological polar surface area (TPSA) is 3.24 Å². The summed E-state index contributed by atoms with van der Waals surface area (Å²) in [7, 11) is 0. The maximum Gasteiger partial charge on any atom is 0.0735 e. The molecule has 0 fully saturated rings. The number of anilines is 1. The van der Waals surface area contributed by atoms with Crippen molar-refractivity contribution in [1.82, 2.24) is 0 Å². The molecule has 0 heterocycles. The van der Waals surface area contributed by atoms with Gasteiger partial charge in [-0.3, -0.25) is 0 Å². The van der Waals surface area contributed by atoms with Gasteiger partial charge in [0, 0.05) is 12.2 Å². The van der Waals surface area contributed by atoms with Crippen molar-refractivity contribution in [3.63, 3.8) is 0 Å². The molecule has 0 radical (unpaired) electrons. The summed E-state index contributed by atoms with van der Waals surface area (Å²) >= 11 is 3.44. The minimum Gasteiger partial charge on any atom is -0.362 e. The zero-order valence-electron chi connectivity index (χ0n) is 6.63. The van der Waals surface area contributed by atoms with Crippen molar-refractivity contribution < 1.29 is 0 Å². The Bertz CT molecular complexity index is 194. The Labute approximate surface area is 76.2 Å². The largest absolute Gasteiger partial charge is 0.362 e. The molecule has 0 amide bonds. The van der Waals surface area contributed by atoms with E-state index >= 15 is 0 Å². The van der Waals surface area contributed by atoms with Gasteiger partial charge in [-0.25, -0.2) is 0 Å². The van der Waals surface area contributed by atoms with E-state index in [1.165, 1.54) is 5.69 Å². The van der Waals surface area contributed by atoms with Crippen LogP contribution in [-0.4, -0.2) is 12.0 Å². The number of hydrogen-bond acceptors (Lipinski definition) is 1. The van der Waals surface area contributed by atoms with E-state index in [0.29, 0.717) is 0 Å². The van der Waals surface area contributed by atoms with Crippen molar-refractivity contribution in [3.05, 3.63) is 30.3 Å². The van der Waals surface area contributed by atoms with E-state index in [1.54, 1.807) is 0 Å². The summed E-state index contributed by atoms with van der Waals surface area (Å²) in [5.41, 5.74) is 2.17. The Hall–Kier alpha value is -0.500. The number of alkyl halides is 1. The lowest BCUT2D eigenvalue weighted by Gasteiger charge is -2.19. The first-order valence-corrected chi connectivity index (χ1v) is 4.86. The lowest BCUT2D eigenvalue weighted by atomic mass is 10.3. The predicted octanol–water partition coefficient (Wildman–Crippen LogP) is 2.87. The number of benzene rings is 1. The summed E-state index contributed by atoms with van der Waals surface area (Å²) < 4.78 is 0. The normalized spacial score (nSPS) is 9.64. The molecule has 1 aromatic rings. The van der Waals surface area contributed by atoms with Crippen LogP contribution in [0.25, 0.3) is 0 Å². The average Bonchev–Trinajstić information content (AvgIpc) is 2.09. The third-order valence-corrected chi connectivity index (χ3v) is 2.25. The zero-order valence-corrected chi connectivity index (χ0v) is 8.21. The molecule has 1 nitrogen and oxygen atoms in total. The molecule has 0 saturated carbocycles. The molecule has 1 aromatic carbocycles. The van der Waals surface area contributed by atoms with E-state index in [2.05, 4.69) is 52.0 Å².